The topological polar surface area (TPSA) is 287 Å². The lowest BCUT2D eigenvalue weighted by Crippen LogP contribution is -2.35. The van der Waals surface area contributed by atoms with Crippen LogP contribution in [0, 0.1) is 72.0 Å². The summed E-state index contributed by atoms with van der Waals surface area (Å²) in [6.45, 7) is 14.6. The summed E-state index contributed by atoms with van der Waals surface area (Å²) in [7, 11) is 0. The number of hydrogen-bond donors (Lipinski definition) is 2. The number of pyridine rings is 2. The van der Waals surface area contributed by atoms with E-state index in [1.807, 2.05) is 12.1 Å². The molecule has 0 bridgehead atoms. The fraction of sp³-hybridized carbons (Fsp3) is 0.509. The average molecular weight is 1060 g/mol. The van der Waals surface area contributed by atoms with Crippen LogP contribution in [0.5, 0.6) is 11.8 Å². The van der Waals surface area contributed by atoms with Crippen LogP contribution in [0.15, 0.2) is 78.6 Å². The standard InChI is InChI=1S/C57H68N8O12/c1-32(2)38-21-19-34(5)27-46(38)76-56(72)40-15-9-11-17-44(40)60-62-50-42(30-58)36(7)52(68)64(54(50)70)23-13-25-74-48(66)29-49(67)75-26-14-24-65-53(69)37(8)43(31-59)51(55(65)71)63-61-45-18-12-10-16-41(45)57(73)77-47-28-35(6)20-22-39(47)33(3)4/h9-12,15-18,32-35,38-39,46-47,68-69H,13-14,19-29H2,1-8H3. The molecule has 2 aliphatic carbocycles. The number of carbonyl (C=O) groups excluding carboxylic acids is 4. The Morgan fingerprint density at radius 3 is 1.36 bits per heavy atom. The van der Waals surface area contributed by atoms with Crippen molar-refractivity contribution in [3.63, 3.8) is 0 Å². The van der Waals surface area contributed by atoms with Gasteiger partial charge in [0.05, 0.1) is 35.5 Å². The molecule has 0 radical (unpaired) electrons. The minimum atomic E-state index is -0.947. The van der Waals surface area contributed by atoms with Crippen LogP contribution in [0.4, 0.5) is 22.7 Å². The zero-order chi connectivity index (χ0) is 56.1. The van der Waals surface area contributed by atoms with E-state index >= 15 is 0 Å². The van der Waals surface area contributed by atoms with Gasteiger partial charge in [0.15, 0.2) is 23.1 Å². The number of nitriles is 2. The molecule has 2 fully saturated rings. The molecule has 20 heteroatoms. The first-order chi connectivity index (χ1) is 36.7. The summed E-state index contributed by atoms with van der Waals surface area (Å²) in [6, 6.07) is 16.5. The minimum Gasteiger partial charge on any atom is -0.494 e. The molecule has 20 nitrogen and oxygen atoms in total. The summed E-state index contributed by atoms with van der Waals surface area (Å²) in [6.07, 6.45) is 4.13. The molecule has 6 rings (SSSR count). The van der Waals surface area contributed by atoms with E-state index in [9.17, 15) is 49.5 Å². The molecule has 0 aliphatic heterocycles. The van der Waals surface area contributed by atoms with Crippen molar-refractivity contribution in [1.29, 1.82) is 10.5 Å². The summed E-state index contributed by atoms with van der Waals surface area (Å²) in [4.78, 5) is 79.7. The van der Waals surface area contributed by atoms with Crippen LogP contribution in [-0.4, -0.2) is 68.6 Å². The number of aromatic nitrogens is 2. The molecule has 0 saturated heterocycles. The van der Waals surface area contributed by atoms with Crippen LogP contribution in [0.2, 0.25) is 0 Å². The second kappa shape index (κ2) is 26.7. The number of aromatic hydroxyl groups is 2. The summed E-state index contributed by atoms with van der Waals surface area (Å²) < 4.78 is 24.4. The Kier molecular flexibility index (Phi) is 20.2. The van der Waals surface area contributed by atoms with Gasteiger partial charge in [-0.1, -0.05) is 78.6 Å². The van der Waals surface area contributed by atoms with E-state index in [1.54, 1.807) is 36.4 Å². The van der Waals surface area contributed by atoms with E-state index in [-0.39, 0.29) is 119 Å². The molecule has 2 saturated carbocycles. The molecule has 77 heavy (non-hydrogen) atoms. The lowest BCUT2D eigenvalue weighted by Gasteiger charge is -2.36. The quantitative estimate of drug-likeness (QED) is 0.0274. The van der Waals surface area contributed by atoms with Crippen LogP contribution >= 0.6 is 0 Å². The number of benzene rings is 2. The average Bonchev–Trinajstić information content (AvgIpc) is 3.39. The number of hydrogen-bond acceptors (Lipinski definition) is 18. The highest BCUT2D eigenvalue weighted by molar-refractivity contribution is 5.95. The first-order valence-corrected chi connectivity index (χ1v) is 26.2. The normalized spacial score (nSPS) is 19.5. The highest BCUT2D eigenvalue weighted by atomic mass is 16.6. The fourth-order valence-corrected chi connectivity index (χ4v) is 10.1. The van der Waals surface area contributed by atoms with Crippen molar-refractivity contribution in [1.82, 2.24) is 9.13 Å². The predicted molar refractivity (Wildman–Crippen MR) is 282 cm³/mol. The first-order valence-electron chi connectivity index (χ1n) is 26.2. The van der Waals surface area contributed by atoms with Gasteiger partial charge in [-0.2, -0.15) is 10.5 Å². The smallest absolute Gasteiger partial charge is 0.340 e. The summed E-state index contributed by atoms with van der Waals surface area (Å²) in [5.74, 6) is -2.25. The summed E-state index contributed by atoms with van der Waals surface area (Å²) in [5, 5.41) is 58.4. The molecular weight excluding hydrogens is 989 g/mol. The van der Waals surface area contributed by atoms with Crippen LogP contribution in [-0.2, 0) is 41.6 Å². The van der Waals surface area contributed by atoms with Gasteiger partial charge in [-0.3, -0.25) is 28.3 Å². The van der Waals surface area contributed by atoms with Crippen molar-refractivity contribution in [2.45, 2.75) is 138 Å². The van der Waals surface area contributed by atoms with Gasteiger partial charge in [-0.25, -0.2) is 9.59 Å². The third kappa shape index (κ3) is 14.3. The Balaban J connectivity index is 1.02. The minimum absolute atomic E-state index is 0.0104. The van der Waals surface area contributed by atoms with Gasteiger partial charge in [-0.05, 0) is 112 Å². The number of esters is 4. The molecule has 408 valence electrons. The number of ether oxygens (including phenoxy) is 4. The van der Waals surface area contributed by atoms with Crippen LogP contribution < -0.4 is 11.1 Å². The van der Waals surface area contributed by atoms with Gasteiger partial charge in [0, 0.05) is 24.2 Å². The van der Waals surface area contributed by atoms with Gasteiger partial charge in [-0.15, -0.1) is 20.5 Å². The van der Waals surface area contributed by atoms with Gasteiger partial charge < -0.3 is 29.2 Å². The Morgan fingerprint density at radius 2 is 1.00 bits per heavy atom. The van der Waals surface area contributed by atoms with Gasteiger partial charge in [0.25, 0.3) is 11.1 Å². The van der Waals surface area contributed by atoms with Crippen molar-refractivity contribution < 1.29 is 48.3 Å². The summed E-state index contributed by atoms with van der Waals surface area (Å²) in [5.41, 5.74) is -2.37. The maximum atomic E-state index is 13.7. The monoisotopic (exact) mass is 1060 g/mol. The van der Waals surface area contributed by atoms with Crippen LogP contribution in [0.3, 0.4) is 0 Å². The molecule has 0 amide bonds. The number of rotatable bonds is 20. The third-order valence-electron chi connectivity index (χ3n) is 14.6. The molecule has 0 spiro atoms. The van der Waals surface area contributed by atoms with E-state index in [4.69, 9.17) is 18.9 Å². The molecule has 2 aromatic carbocycles. The van der Waals surface area contributed by atoms with E-state index in [2.05, 4.69) is 62.0 Å². The van der Waals surface area contributed by atoms with Crippen molar-refractivity contribution >= 4 is 46.6 Å². The Morgan fingerprint density at radius 1 is 0.623 bits per heavy atom. The molecule has 2 aromatic heterocycles. The zero-order valence-electron chi connectivity index (χ0n) is 45.0. The van der Waals surface area contributed by atoms with Gasteiger partial charge in [0.2, 0.25) is 0 Å². The number of azo groups is 2. The molecule has 6 atom stereocenters. The SMILES string of the molecule is Cc1c(C#N)c(N=Nc2ccccc2C(=O)OC2CC(C)CCC2C(C)C)c(=O)n(CCCOC(=O)CC(=O)OCCCn2c(O)c(C)c(C#N)c(N=Nc3ccccc3C(=O)OC3CC(C)CCC3C(C)C)c2=O)c1O. The fourth-order valence-electron chi connectivity index (χ4n) is 10.1. The zero-order valence-corrected chi connectivity index (χ0v) is 45.0. The van der Waals surface area contributed by atoms with Crippen molar-refractivity contribution in [2.75, 3.05) is 13.2 Å². The maximum absolute atomic E-state index is 13.7. The number of nitrogens with zero attached hydrogens (tertiary/aromatic N) is 8. The predicted octanol–water partition coefficient (Wildman–Crippen LogP) is 10.8. The number of carbonyl (C=O) groups is 4. The third-order valence-corrected chi connectivity index (χ3v) is 14.6. The maximum Gasteiger partial charge on any atom is 0.340 e. The molecule has 2 aliphatic rings. The van der Waals surface area contributed by atoms with E-state index in [0.29, 0.717) is 23.7 Å². The lowest BCUT2D eigenvalue weighted by atomic mass is 9.75. The van der Waals surface area contributed by atoms with Gasteiger partial charge >= 0.3 is 23.9 Å². The second-order valence-electron chi connectivity index (χ2n) is 20.8. The molecular formula is C57H68N8O12. The highest BCUT2D eigenvalue weighted by Crippen LogP contribution is 2.38. The first kappa shape index (κ1) is 58.3. The highest BCUT2D eigenvalue weighted by Gasteiger charge is 2.36. The lowest BCUT2D eigenvalue weighted by molar-refractivity contribution is -0.154. The molecule has 6 unspecified atom stereocenters. The Hall–Kier alpha value is -8.00. The van der Waals surface area contributed by atoms with Gasteiger partial charge in [0.1, 0.15) is 42.1 Å². The molecule has 2 heterocycles. The van der Waals surface area contributed by atoms with E-state index in [0.717, 1.165) is 47.7 Å². The van der Waals surface area contributed by atoms with Crippen molar-refractivity contribution in [3.8, 4) is 23.9 Å². The van der Waals surface area contributed by atoms with E-state index in [1.165, 1.54) is 26.0 Å². The molecule has 2 N–H and O–H groups in total. The van der Waals surface area contributed by atoms with Crippen molar-refractivity contribution in [3.05, 3.63) is 103 Å². The Labute approximate surface area is 447 Å². The van der Waals surface area contributed by atoms with E-state index < -0.39 is 53.2 Å². The Bertz CT molecular complexity index is 2900. The molecule has 4 aromatic rings. The van der Waals surface area contributed by atoms with Crippen LogP contribution in [0.1, 0.15) is 142 Å². The van der Waals surface area contributed by atoms with Crippen LogP contribution in [0.25, 0.3) is 0 Å². The van der Waals surface area contributed by atoms with Crippen molar-refractivity contribution in [2.24, 2.45) is 56.0 Å². The largest absolute Gasteiger partial charge is 0.494 e. The second-order valence-corrected chi connectivity index (χ2v) is 20.8. The summed E-state index contributed by atoms with van der Waals surface area (Å²) >= 11 is 0.